The highest BCUT2D eigenvalue weighted by molar-refractivity contribution is 6.67. The smallest absolute Gasteiger partial charge is 0.465 e. The lowest BCUT2D eigenvalue weighted by Gasteiger charge is -2.22. The molecule has 0 atom stereocenters. The summed E-state index contributed by atoms with van der Waals surface area (Å²) in [5, 5.41) is 8.46. The molecule has 21 heavy (non-hydrogen) atoms. The van der Waals surface area contributed by atoms with E-state index in [4.69, 9.17) is 74.7 Å². The molecule has 0 aromatic heterocycles. The molecule has 0 aromatic carbocycles. The van der Waals surface area contributed by atoms with E-state index in [2.05, 4.69) is 9.47 Å². The summed E-state index contributed by atoms with van der Waals surface area (Å²) in [7, 11) is 0. The minimum absolute atomic E-state index is 0.731. The Bertz CT molecular complexity index is 332. The van der Waals surface area contributed by atoms with Crippen molar-refractivity contribution in [3.63, 3.8) is 0 Å². The van der Waals surface area contributed by atoms with Gasteiger partial charge >= 0.3 is 20.2 Å². The molecule has 124 valence electrons. The monoisotopic (exact) mass is 423 g/mol. The van der Waals surface area contributed by atoms with Crippen LogP contribution in [0.3, 0.4) is 0 Å². The normalized spacial score (nSPS) is 15.6. The van der Waals surface area contributed by atoms with Gasteiger partial charge in [0.25, 0.3) is 0 Å². The Balaban J connectivity index is 0.000000394. The van der Waals surface area contributed by atoms with Gasteiger partial charge in [0.15, 0.2) is 0 Å². The van der Waals surface area contributed by atoms with E-state index in [0.717, 1.165) is 25.9 Å². The molecule has 0 saturated carbocycles. The minimum atomic E-state index is -2.24. The highest BCUT2D eigenvalue weighted by Crippen LogP contribution is 2.32. The van der Waals surface area contributed by atoms with Crippen LogP contribution >= 0.6 is 69.6 Å². The van der Waals surface area contributed by atoms with E-state index in [0.29, 0.717) is 0 Å². The maximum atomic E-state index is 10.5. The van der Waals surface area contributed by atoms with Crippen LogP contribution in [0, 0.1) is 0 Å². The molecular weight excluding hydrogens is 415 g/mol. The average Bonchev–Trinajstić information content (AvgIpc) is 2.25. The molecule has 0 bridgehead atoms. The summed E-state index contributed by atoms with van der Waals surface area (Å²) in [5.74, 6) is 0. The van der Waals surface area contributed by atoms with Crippen molar-refractivity contribution in [2.45, 2.75) is 27.2 Å². The van der Waals surface area contributed by atoms with Crippen molar-refractivity contribution < 1.29 is 24.2 Å². The molecule has 12 heteroatoms. The standard InChI is InChI=1S/C6H11NO2.C3Cl6O3/c8-6(9)7-4-2-1-3-5-7;4-2(5,6)11-1(10)12-3(7,8)9/h1-5H2,(H,8,9);. The molecule has 1 amide bonds. The van der Waals surface area contributed by atoms with E-state index < -0.39 is 20.2 Å². The van der Waals surface area contributed by atoms with Gasteiger partial charge in [-0.3, -0.25) is 0 Å². The van der Waals surface area contributed by atoms with Gasteiger partial charge in [-0.05, 0) is 88.9 Å². The zero-order valence-electron chi connectivity index (χ0n) is 10.3. The maximum Gasteiger partial charge on any atom is 0.515 e. The predicted octanol–water partition coefficient (Wildman–Crippen LogP) is 4.95. The molecule has 0 unspecified atom stereocenters. The number of carbonyl (C=O) groups excluding carboxylic acids is 1. The summed E-state index contributed by atoms with van der Waals surface area (Å²) in [6.07, 6.45) is 1.08. The van der Waals surface area contributed by atoms with E-state index in [9.17, 15) is 9.59 Å². The van der Waals surface area contributed by atoms with Gasteiger partial charge < -0.3 is 19.5 Å². The number of carbonyl (C=O) groups is 2. The van der Waals surface area contributed by atoms with Gasteiger partial charge in [0, 0.05) is 13.1 Å². The number of halogens is 6. The van der Waals surface area contributed by atoms with Gasteiger partial charge in [-0.1, -0.05) is 0 Å². The Hall–Kier alpha value is 0.280. The molecule has 0 radical (unpaired) electrons. The van der Waals surface area contributed by atoms with E-state index in [1.54, 1.807) is 0 Å². The van der Waals surface area contributed by atoms with Gasteiger partial charge in [-0.25, -0.2) is 9.59 Å². The Morgan fingerprint density at radius 1 is 0.857 bits per heavy atom. The maximum absolute atomic E-state index is 10.5. The van der Waals surface area contributed by atoms with Crippen molar-refractivity contribution in [1.29, 1.82) is 0 Å². The van der Waals surface area contributed by atoms with E-state index >= 15 is 0 Å². The van der Waals surface area contributed by atoms with Crippen molar-refractivity contribution in [2.75, 3.05) is 13.1 Å². The number of nitrogens with zero attached hydrogens (tertiary/aromatic N) is 1. The topological polar surface area (TPSA) is 76.1 Å². The van der Waals surface area contributed by atoms with E-state index in [1.807, 2.05) is 0 Å². The van der Waals surface area contributed by atoms with Crippen LogP contribution in [-0.4, -0.2) is 43.3 Å². The van der Waals surface area contributed by atoms with Crippen LogP contribution in [-0.2, 0) is 9.47 Å². The molecule has 1 aliphatic rings. The first-order valence-corrected chi connectivity index (χ1v) is 7.71. The molecule has 1 N–H and O–H groups in total. The van der Waals surface area contributed by atoms with Crippen LogP contribution in [0.5, 0.6) is 0 Å². The molecule has 6 nitrogen and oxygen atoms in total. The molecule has 0 aromatic rings. The van der Waals surface area contributed by atoms with Gasteiger partial charge in [-0.15, -0.1) is 0 Å². The average molecular weight is 426 g/mol. The number of rotatable bonds is 0. The van der Waals surface area contributed by atoms with Crippen LogP contribution < -0.4 is 0 Å². The number of amides is 1. The summed E-state index contributed by atoms with van der Waals surface area (Å²) in [6.45, 7) is 1.46. The highest BCUT2D eigenvalue weighted by Gasteiger charge is 2.32. The first-order valence-electron chi connectivity index (χ1n) is 5.44. The number of carboxylic acid groups (broad SMARTS) is 1. The number of piperidine rings is 1. The third-order valence-electron chi connectivity index (χ3n) is 2.02. The third kappa shape index (κ3) is 13.7. The number of hydrogen-bond donors (Lipinski definition) is 1. The highest BCUT2D eigenvalue weighted by atomic mass is 35.6. The Labute approximate surface area is 151 Å². The molecule has 1 heterocycles. The van der Waals surface area contributed by atoms with Crippen molar-refractivity contribution in [2.24, 2.45) is 0 Å². The molecule has 1 aliphatic heterocycles. The predicted molar refractivity (Wildman–Crippen MR) is 81.6 cm³/mol. The van der Waals surface area contributed by atoms with Gasteiger partial charge in [-0.2, -0.15) is 0 Å². The fourth-order valence-corrected chi connectivity index (χ4v) is 1.67. The lowest BCUT2D eigenvalue weighted by atomic mass is 10.1. The zero-order chi connectivity index (χ0) is 16.7. The minimum Gasteiger partial charge on any atom is -0.465 e. The summed E-state index contributed by atoms with van der Waals surface area (Å²) >= 11 is 30.2. The summed E-state index contributed by atoms with van der Waals surface area (Å²) in [6, 6.07) is 0. The first-order chi connectivity index (χ1) is 9.41. The van der Waals surface area contributed by atoms with Crippen molar-refractivity contribution in [3.05, 3.63) is 0 Å². The zero-order valence-corrected chi connectivity index (χ0v) is 14.9. The largest absolute Gasteiger partial charge is 0.515 e. The molecule has 0 spiro atoms. The van der Waals surface area contributed by atoms with Crippen LogP contribution in [0.15, 0.2) is 0 Å². The second-order valence-corrected chi connectivity index (χ2v) is 8.03. The fourth-order valence-electron chi connectivity index (χ4n) is 1.30. The van der Waals surface area contributed by atoms with Gasteiger partial charge in [0.05, 0.1) is 0 Å². The van der Waals surface area contributed by atoms with Crippen LogP contribution in [0.2, 0.25) is 0 Å². The van der Waals surface area contributed by atoms with Crippen LogP contribution in [0.1, 0.15) is 19.3 Å². The second kappa shape index (κ2) is 9.43. The number of ether oxygens (including phenoxy) is 2. The Morgan fingerprint density at radius 2 is 1.24 bits per heavy atom. The molecule has 1 fully saturated rings. The lowest BCUT2D eigenvalue weighted by molar-refractivity contribution is 0.0508. The van der Waals surface area contributed by atoms with Gasteiger partial charge in [0.1, 0.15) is 0 Å². The molecule has 1 saturated heterocycles. The summed E-state index contributed by atoms with van der Waals surface area (Å²) in [4.78, 5) is 22.3. The van der Waals surface area contributed by atoms with E-state index in [1.165, 1.54) is 11.3 Å². The van der Waals surface area contributed by atoms with Gasteiger partial charge in [0.2, 0.25) is 0 Å². The van der Waals surface area contributed by atoms with Crippen LogP contribution in [0.4, 0.5) is 9.59 Å². The number of likely N-dealkylation sites (tertiary alicyclic amines) is 1. The number of hydrogen-bond acceptors (Lipinski definition) is 4. The van der Waals surface area contributed by atoms with Crippen molar-refractivity contribution in [1.82, 2.24) is 4.90 Å². The van der Waals surface area contributed by atoms with E-state index in [-0.39, 0.29) is 0 Å². The first kappa shape index (κ1) is 21.3. The van der Waals surface area contributed by atoms with Crippen molar-refractivity contribution >= 4 is 81.9 Å². The summed E-state index contributed by atoms with van der Waals surface area (Å²) < 4.78 is 3.50. The Morgan fingerprint density at radius 3 is 1.48 bits per heavy atom. The van der Waals surface area contributed by atoms with Crippen molar-refractivity contribution in [3.8, 4) is 0 Å². The third-order valence-corrected chi connectivity index (χ3v) is 2.49. The molecule has 1 rings (SSSR count). The van der Waals surface area contributed by atoms with Crippen LogP contribution in [0.25, 0.3) is 0 Å². The Kier molecular flexibility index (Phi) is 9.55. The fraction of sp³-hybridized carbons (Fsp3) is 0.778. The molecular formula is C9H11Cl6NO5. The summed E-state index contributed by atoms with van der Waals surface area (Å²) in [5.41, 5.74) is 0. The second-order valence-electron chi connectivity index (χ2n) is 3.68. The molecule has 0 aliphatic carbocycles. The number of alkyl halides is 6. The SMILES string of the molecule is O=C(O)N1CCCCC1.O=C(OC(Cl)(Cl)Cl)OC(Cl)(Cl)Cl. The lowest BCUT2D eigenvalue weighted by Crippen LogP contribution is -2.34. The quantitative estimate of drug-likeness (QED) is 0.439.